The van der Waals surface area contributed by atoms with Gasteiger partial charge in [-0.2, -0.15) is 0 Å². The Balaban J connectivity index is 1.46. The second-order valence-electron chi connectivity index (χ2n) is 7.24. The lowest BCUT2D eigenvalue weighted by Gasteiger charge is -2.39. The third kappa shape index (κ3) is 3.25. The molecule has 0 saturated carbocycles. The first kappa shape index (κ1) is 15.3. The van der Waals surface area contributed by atoms with Crippen molar-refractivity contribution in [3.05, 3.63) is 0 Å². The van der Waals surface area contributed by atoms with Crippen LogP contribution in [0.25, 0.3) is 0 Å². The van der Waals surface area contributed by atoms with Gasteiger partial charge in [0.05, 0.1) is 0 Å². The number of carbonyl (C=O) groups excluding carboxylic acids is 1. The van der Waals surface area contributed by atoms with Crippen LogP contribution in [0.5, 0.6) is 0 Å². The van der Waals surface area contributed by atoms with Gasteiger partial charge < -0.3 is 15.5 Å². The van der Waals surface area contributed by atoms with Crippen LogP contribution in [0, 0.1) is 0 Å². The molecular weight excluding hydrogens is 264 g/mol. The number of amides is 1. The molecule has 0 aromatic carbocycles. The Hall–Kier alpha value is -0.650. The van der Waals surface area contributed by atoms with E-state index in [2.05, 4.69) is 16.8 Å². The Morgan fingerprint density at radius 1 is 1.24 bits per heavy atom. The first-order valence-electron chi connectivity index (χ1n) is 8.51. The first-order chi connectivity index (χ1) is 10.0. The number of piperidine rings is 1. The average molecular weight is 294 g/mol. The lowest BCUT2D eigenvalue weighted by atomic mass is 9.98. The summed E-state index contributed by atoms with van der Waals surface area (Å²) in [5, 5.41) is 0. The van der Waals surface area contributed by atoms with Gasteiger partial charge in [-0.1, -0.05) is 0 Å². The highest BCUT2D eigenvalue weighted by molar-refractivity contribution is 5.73. The monoisotopic (exact) mass is 294 g/mol. The van der Waals surface area contributed by atoms with Gasteiger partial charge in [0, 0.05) is 57.3 Å². The van der Waals surface area contributed by atoms with Crippen molar-refractivity contribution in [3.63, 3.8) is 0 Å². The maximum absolute atomic E-state index is 11.4. The number of nitrogens with two attached hydrogens (primary N) is 1. The van der Waals surface area contributed by atoms with Gasteiger partial charge in [0.25, 0.3) is 0 Å². The standard InChI is InChI=1S/C16H30N4O/c1-12(21)19-6-5-16(11-19)18(2)7-8-20-14-3-4-15(20)10-13(17)9-14/h13-16H,3-11,17H2,1-2H3/t13?,14-,15+,16-/m1/s1. The van der Waals surface area contributed by atoms with E-state index in [9.17, 15) is 4.79 Å². The molecule has 0 spiro atoms. The molecule has 2 bridgehead atoms. The van der Waals surface area contributed by atoms with E-state index in [1.54, 1.807) is 6.92 Å². The van der Waals surface area contributed by atoms with Crippen molar-refractivity contribution in [3.8, 4) is 0 Å². The average Bonchev–Trinajstić information content (AvgIpc) is 3.01. The van der Waals surface area contributed by atoms with Crippen molar-refractivity contribution < 1.29 is 4.79 Å². The van der Waals surface area contributed by atoms with E-state index < -0.39 is 0 Å². The molecule has 3 aliphatic rings. The number of likely N-dealkylation sites (N-methyl/N-ethyl adjacent to an activating group) is 1. The molecule has 5 heteroatoms. The molecule has 5 nitrogen and oxygen atoms in total. The number of likely N-dealkylation sites (tertiary alicyclic amines) is 1. The predicted molar refractivity (Wildman–Crippen MR) is 84.0 cm³/mol. The van der Waals surface area contributed by atoms with Crippen LogP contribution in [0.3, 0.4) is 0 Å². The van der Waals surface area contributed by atoms with Gasteiger partial charge in [0.2, 0.25) is 5.91 Å². The maximum atomic E-state index is 11.4. The van der Waals surface area contributed by atoms with Crippen LogP contribution in [0.4, 0.5) is 0 Å². The van der Waals surface area contributed by atoms with Gasteiger partial charge in [-0.25, -0.2) is 0 Å². The summed E-state index contributed by atoms with van der Waals surface area (Å²) in [4.78, 5) is 18.6. The number of hydrogen-bond acceptors (Lipinski definition) is 4. The van der Waals surface area contributed by atoms with Crippen LogP contribution in [-0.4, -0.2) is 78.0 Å². The molecule has 3 rings (SSSR count). The van der Waals surface area contributed by atoms with E-state index in [4.69, 9.17) is 5.73 Å². The normalized spacial score (nSPS) is 36.7. The third-order valence-corrected chi connectivity index (χ3v) is 5.86. The summed E-state index contributed by atoms with van der Waals surface area (Å²) in [6.07, 6.45) is 6.16. The van der Waals surface area contributed by atoms with Crippen LogP contribution < -0.4 is 5.73 Å². The lowest BCUT2D eigenvalue weighted by molar-refractivity contribution is -0.127. The van der Waals surface area contributed by atoms with Crippen molar-refractivity contribution in [1.82, 2.24) is 14.7 Å². The summed E-state index contributed by atoms with van der Waals surface area (Å²) in [5.74, 6) is 0.217. The number of rotatable bonds is 4. The first-order valence-corrected chi connectivity index (χ1v) is 8.51. The number of hydrogen-bond donors (Lipinski definition) is 1. The van der Waals surface area contributed by atoms with Gasteiger partial charge in [-0.05, 0) is 39.2 Å². The zero-order valence-electron chi connectivity index (χ0n) is 13.5. The molecule has 21 heavy (non-hydrogen) atoms. The summed E-state index contributed by atoms with van der Waals surface area (Å²) < 4.78 is 0. The second-order valence-corrected chi connectivity index (χ2v) is 7.24. The van der Waals surface area contributed by atoms with Crippen LogP contribution in [0.15, 0.2) is 0 Å². The molecule has 0 aromatic rings. The van der Waals surface area contributed by atoms with Gasteiger partial charge in [0.15, 0.2) is 0 Å². The molecule has 3 saturated heterocycles. The molecule has 4 atom stereocenters. The van der Waals surface area contributed by atoms with E-state index in [1.807, 2.05) is 4.90 Å². The third-order valence-electron chi connectivity index (χ3n) is 5.86. The van der Waals surface area contributed by atoms with E-state index in [0.29, 0.717) is 12.1 Å². The van der Waals surface area contributed by atoms with Gasteiger partial charge in [-0.3, -0.25) is 9.69 Å². The molecule has 0 aliphatic carbocycles. The number of nitrogens with zero attached hydrogens (tertiary/aromatic N) is 3. The second kappa shape index (κ2) is 6.23. The van der Waals surface area contributed by atoms with Gasteiger partial charge in [0.1, 0.15) is 0 Å². The molecule has 2 N–H and O–H groups in total. The summed E-state index contributed by atoms with van der Waals surface area (Å²) in [7, 11) is 2.21. The lowest BCUT2D eigenvalue weighted by Crippen LogP contribution is -2.50. The molecule has 3 heterocycles. The molecule has 120 valence electrons. The SMILES string of the molecule is CC(=O)N1CC[C@@H](N(C)CCN2[C@@H]3CC[C@H]2CC(N)C3)C1. The van der Waals surface area contributed by atoms with E-state index in [0.717, 1.165) is 44.7 Å². The number of carbonyl (C=O) groups is 1. The zero-order valence-corrected chi connectivity index (χ0v) is 13.5. The Kier molecular flexibility index (Phi) is 4.52. The van der Waals surface area contributed by atoms with Crippen molar-refractivity contribution in [2.75, 3.05) is 33.2 Å². The van der Waals surface area contributed by atoms with Crippen LogP contribution in [0.1, 0.15) is 39.0 Å². The van der Waals surface area contributed by atoms with E-state index in [-0.39, 0.29) is 5.91 Å². The molecule has 3 fully saturated rings. The minimum Gasteiger partial charge on any atom is -0.341 e. The van der Waals surface area contributed by atoms with Crippen molar-refractivity contribution >= 4 is 5.91 Å². The minimum absolute atomic E-state index is 0.217. The van der Waals surface area contributed by atoms with Crippen LogP contribution >= 0.6 is 0 Å². The smallest absolute Gasteiger partial charge is 0.219 e. The Morgan fingerprint density at radius 2 is 1.90 bits per heavy atom. The largest absolute Gasteiger partial charge is 0.341 e. The molecule has 3 aliphatic heterocycles. The van der Waals surface area contributed by atoms with E-state index in [1.165, 1.54) is 25.7 Å². The summed E-state index contributed by atoms with van der Waals surface area (Å²) in [5.41, 5.74) is 6.14. The highest BCUT2D eigenvalue weighted by Gasteiger charge is 2.39. The fourth-order valence-corrected chi connectivity index (χ4v) is 4.52. The fraction of sp³-hybridized carbons (Fsp3) is 0.938. The highest BCUT2D eigenvalue weighted by Crippen LogP contribution is 2.34. The Bertz CT molecular complexity index is 374. The summed E-state index contributed by atoms with van der Waals surface area (Å²) in [6, 6.07) is 2.42. The Morgan fingerprint density at radius 3 is 2.48 bits per heavy atom. The molecular formula is C16H30N4O. The fourth-order valence-electron chi connectivity index (χ4n) is 4.52. The quantitative estimate of drug-likeness (QED) is 0.820. The van der Waals surface area contributed by atoms with Crippen molar-refractivity contribution in [1.29, 1.82) is 0 Å². The molecule has 1 unspecified atom stereocenters. The molecule has 1 amide bonds. The van der Waals surface area contributed by atoms with Gasteiger partial charge >= 0.3 is 0 Å². The molecule has 0 radical (unpaired) electrons. The molecule has 0 aromatic heterocycles. The minimum atomic E-state index is 0.217. The van der Waals surface area contributed by atoms with Crippen LogP contribution in [-0.2, 0) is 4.79 Å². The van der Waals surface area contributed by atoms with Crippen molar-refractivity contribution in [2.45, 2.75) is 63.2 Å². The van der Waals surface area contributed by atoms with Crippen LogP contribution in [0.2, 0.25) is 0 Å². The zero-order chi connectivity index (χ0) is 15.0. The highest BCUT2D eigenvalue weighted by atomic mass is 16.2. The maximum Gasteiger partial charge on any atom is 0.219 e. The topological polar surface area (TPSA) is 52.8 Å². The summed E-state index contributed by atoms with van der Waals surface area (Å²) >= 11 is 0. The summed E-state index contributed by atoms with van der Waals surface area (Å²) in [6.45, 7) is 5.78. The number of fused-ring (bicyclic) bond motifs is 2. The van der Waals surface area contributed by atoms with E-state index >= 15 is 0 Å². The van der Waals surface area contributed by atoms with Gasteiger partial charge in [-0.15, -0.1) is 0 Å². The predicted octanol–water partition coefficient (Wildman–Crippen LogP) is 0.493. The van der Waals surface area contributed by atoms with Crippen molar-refractivity contribution in [2.24, 2.45) is 5.73 Å². The Labute approximate surface area is 128 Å².